The van der Waals surface area contributed by atoms with E-state index in [2.05, 4.69) is 33.4 Å². The topological polar surface area (TPSA) is 45.2 Å². The number of piperidine rings is 1. The maximum absolute atomic E-state index is 12.3. The van der Waals surface area contributed by atoms with Crippen LogP contribution in [0.2, 0.25) is 0 Å². The highest BCUT2D eigenvalue weighted by molar-refractivity contribution is 8.01. The number of thiazole rings is 1. The maximum Gasteiger partial charge on any atom is 0.234 e. The van der Waals surface area contributed by atoms with Crippen LogP contribution >= 0.6 is 23.1 Å². The van der Waals surface area contributed by atoms with Crippen molar-refractivity contribution in [2.45, 2.75) is 30.1 Å². The van der Waals surface area contributed by atoms with Crippen molar-refractivity contribution in [3.63, 3.8) is 0 Å². The highest BCUT2D eigenvalue weighted by atomic mass is 32.2. The van der Waals surface area contributed by atoms with Crippen molar-refractivity contribution in [1.29, 1.82) is 0 Å². The summed E-state index contributed by atoms with van der Waals surface area (Å²) in [7, 11) is 0. The Kier molecular flexibility index (Phi) is 6.07. The quantitative estimate of drug-likeness (QED) is 0.594. The van der Waals surface area contributed by atoms with Crippen LogP contribution in [0.4, 0.5) is 5.69 Å². The van der Waals surface area contributed by atoms with Crippen LogP contribution in [0.25, 0.3) is 10.2 Å². The van der Waals surface area contributed by atoms with E-state index < -0.39 is 0 Å². The molecule has 0 radical (unpaired) electrons. The third-order valence-electron chi connectivity index (χ3n) is 4.67. The summed E-state index contributed by atoms with van der Waals surface area (Å²) in [5, 5.41) is 3.02. The highest BCUT2D eigenvalue weighted by Gasteiger charge is 2.11. The molecule has 1 aliphatic heterocycles. The predicted molar refractivity (Wildman–Crippen MR) is 115 cm³/mol. The van der Waals surface area contributed by atoms with E-state index in [4.69, 9.17) is 0 Å². The first-order chi connectivity index (χ1) is 13.3. The largest absolute Gasteiger partial charge is 0.325 e. The van der Waals surface area contributed by atoms with Crippen LogP contribution in [-0.4, -0.2) is 34.6 Å². The molecule has 140 valence electrons. The third-order valence-corrected chi connectivity index (χ3v) is 6.85. The van der Waals surface area contributed by atoms with Crippen LogP contribution in [0.1, 0.15) is 24.8 Å². The normalized spacial score (nSPS) is 15.1. The van der Waals surface area contributed by atoms with Crippen molar-refractivity contribution in [3.05, 3.63) is 54.1 Å². The van der Waals surface area contributed by atoms with Gasteiger partial charge in [0.2, 0.25) is 5.91 Å². The number of fused-ring (bicyclic) bond motifs is 1. The number of likely N-dealkylation sites (tertiary alicyclic amines) is 1. The SMILES string of the molecule is O=C(CSc1nc2ccccc2s1)Nc1cccc(CN2CCCCC2)c1. The number of benzene rings is 2. The van der Waals surface area contributed by atoms with Gasteiger partial charge in [0.1, 0.15) is 0 Å². The van der Waals surface area contributed by atoms with E-state index in [1.807, 2.05) is 30.3 Å². The number of nitrogens with one attached hydrogen (secondary N) is 1. The van der Waals surface area contributed by atoms with Gasteiger partial charge in [0, 0.05) is 12.2 Å². The molecule has 27 heavy (non-hydrogen) atoms. The average Bonchev–Trinajstić information content (AvgIpc) is 3.11. The fourth-order valence-corrected chi connectivity index (χ4v) is 5.23. The number of nitrogens with zero attached hydrogens (tertiary/aromatic N) is 2. The van der Waals surface area contributed by atoms with Gasteiger partial charge in [0.15, 0.2) is 4.34 Å². The zero-order valence-corrected chi connectivity index (χ0v) is 16.8. The standard InChI is InChI=1S/C21H23N3OS2/c25-20(15-26-21-23-18-9-2-3-10-19(18)27-21)22-17-8-6-7-16(13-17)14-24-11-4-1-5-12-24/h2-3,6-10,13H,1,4-5,11-12,14-15H2,(H,22,25). The van der Waals surface area contributed by atoms with Crippen LogP contribution in [0.5, 0.6) is 0 Å². The zero-order chi connectivity index (χ0) is 18.5. The number of rotatable bonds is 6. The van der Waals surface area contributed by atoms with Gasteiger partial charge in [-0.05, 0) is 55.8 Å². The zero-order valence-electron chi connectivity index (χ0n) is 15.2. The lowest BCUT2D eigenvalue weighted by Gasteiger charge is -2.26. The lowest BCUT2D eigenvalue weighted by atomic mass is 10.1. The average molecular weight is 398 g/mol. The van der Waals surface area contributed by atoms with Crippen molar-refractivity contribution in [3.8, 4) is 0 Å². The summed E-state index contributed by atoms with van der Waals surface area (Å²) in [6, 6.07) is 16.3. The second-order valence-corrected chi connectivity index (χ2v) is 9.07. The van der Waals surface area contributed by atoms with Gasteiger partial charge < -0.3 is 5.32 Å². The Hall–Kier alpha value is -1.89. The number of carbonyl (C=O) groups excluding carboxylic acids is 1. The van der Waals surface area contributed by atoms with Crippen LogP contribution in [0.15, 0.2) is 52.9 Å². The molecule has 0 spiro atoms. The lowest BCUT2D eigenvalue weighted by Crippen LogP contribution is -2.29. The van der Waals surface area contributed by atoms with Gasteiger partial charge in [-0.3, -0.25) is 9.69 Å². The Morgan fingerprint density at radius 2 is 1.96 bits per heavy atom. The van der Waals surface area contributed by atoms with E-state index in [-0.39, 0.29) is 5.91 Å². The van der Waals surface area contributed by atoms with Gasteiger partial charge in [-0.1, -0.05) is 42.4 Å². The molecule has 1 fully saturated rings. The Balaban J connectivity index is 1.31. The minimum atomic E-state index is 0.00868. The maximum atomic E-state index is 12.3. The first-order valence-electron chi connectivity index (χ1n) is 9.36. The summed E-state index contributed by atoms with van der Waals surface area (Å²) in [5.74, 6) is 0.380. The predicted octanol–water partition coefficient (Wildman–Crippen LogP) is 5.01. The number of anilines is 1. The van der Waals surface area contributed by atoms with Crippen LogP contribution < -0.4 is 5.32 Å². The third kappa shape index (κ3) is 5.09. The molecule has 6 heteroatoms. The first kappa shape index (κ1) is 18.5. The van der Waals surface area contributed by atoms with Gasteiger partial charge in [-0.25, -0.2) is 4.98 Å². The molecule has 0 atom stereocenters. The summed E-state index contributed by atoms with van der Waals surface area (Å²) in [6.07, 6.45) is 3.93. The summed E-state index contributed by atoms with van der Waals surface area (Å²) < 4.78 is 2.09. The number of thioether (sulfide) groups is 1. The number of carbonyl (C=O) groups is 1. The molecule has 0 bridgehead atoms. The van der Waals surface area contributed by atoms with E-state index in [1.165, 1.54) is 49.7 Å². The number of hydrogen-bond acceptors (Lipinski definition) is 5. The van der Waals surface area contributed by atoms with Crippen molar-refractivity contribution in [1.82, 2.24) is 9.88 Å². The Morgan fingerprint density at radius 3 is 2.81 bits per heavy atom. The van der Waals surface area contributed by atoms with Gasteiger partial charge in [-0.2, -0.15) is 0 Å². The molecular weight excluding hydrogens is 374 g/mol. The Bertz CT molecular complexity index is 885. The number of hydrogen-bond donors (Lipinski definition) is 1. The molecule has 2 heterocycles. The molecule has 1 aromatic heterocycles. The molecule has 1 amide bonds. The van der Waals surface area contributed by atoms with Crippen molar-refractivity contribution < 1.29 is 4.79 Å². The van der Waals surface area contributed by atoms with Crippen molar-refractivity contribution in [2.75, 3.05) is 24.2 Å². The van der Waals surface area contributed by atoms with Gasteiger partial charge in [-0.15, -0.1) is 11.3 Å². The molecule has 4 nitrogen and oxygen atoms in total. The summed E-state index contributed by atoms with van der Waals surface area (Å²) in [5.41, 5.74) is 3.13. The highest BCUT2D eigenvalue weighted by Crippen LogP contribution is 2.29. The molecular formula is C21H23N3OS2. The van der Waals surface area contributed by atoms with E-state index in [0.29, 0.717) is 5.75 Å². The number of amides is 1. The summed E-state index contributed by atoms with van der Waals surface area (Å²) in [4.78, 5) is 19.4. The van der Waals surface area contributed by atoms with Gasteiger partial charge in [0.05, 0.1) is 16.0 Å². The molecule has 0 aliphatic carbocycles. The van der Waals surface area contributed by atoms with E-state index in [1.54, 1.807) is 11.3 Å². The molecule has 3 aromatic rings. The fourth-order valence-electron chi connectivity index (χ4n) is 3.36. The van der Waals surface area contributed by atoms with Crippen LogP contribution in [-0.2, 0) is 11.3 Å². The number of aromatic nitrogens is 1. The van der Waals surface area contributed by atoms with Crippen LogP contribution in [0.3, 0.4) is 0 Å². The first-order valence-corrected chi connectivity index (χ1v) is 11.2. The molecule has 4 rings (SSSR count). The van der Waals surface area contributed by atoms with Gasteiger partial charge in [0.25, 0.3) is 0 Å². The second kappa shape index (κ2) is 8.87. The second-order valence-electron chi connectivity index (χ2n) is 6.82. The minimum absolute atomic E-state index is 0.00868. The van der Waals surface area contributed by atoms with E-state index in [9.17, 15) is 4.79 Å². The van der Waals surface area contributed by atoms with E-state index in [0.717, 1.165) is 26.8 Å². The summed E-state index contributed by atoms with van der Waals surface area (Å²) in [6.45, 7) is 3.31. The minimum Gasteiger partial charge on any atom is -0.325 e. The van der Waals surface area contributed by atoms with Gasteiger partial charge >= 0.3 is 0 Å². The van der Waals surface area contributed by atoms with E-state index >= 15 is 0 Å². The lowest BCUT2D eigenvalue weighted by molar-refractivity contribution is -0.113. The van der Waals surface area contributed by atoms with Crippen molar-refractivity contribution >= 4 is 44.9 Å². The molecule has 1 saturated heterocycles. The van der Waals surface area contributed by atoms with Crippen molar-refractivity contribution in [2.24, 2.45) is 0 Å². The number of para-hydroxylation sites is 1. The Morgan fingerprint density at radius 1 is 1.11 bits per heavy atom. The fraction of sp³-hybridized carbons (Fsp3) is 0.333. The molecule has 1 N–H and O–H groups in total. The molecule has 0 saturated carbocycles. The molecule has 1 aliphatic rings. The Labute approximate surface area is 168 Å². The smallest absolute Gasteiger partial charge is 0.234 e. The molecule has 0 unspecified atom stereocenters. The van der Waals surface area contributed by atoms with Crippen LogP contribution in [0, 0.1) is 0 Å². The monoisotopic (exact) mass is 397 g/mol. The molecule has 2 aromatic carbocycles. The summed E-state index contributed by atoms with van der Waals surface area (Å²) >= 11 is 3.13.